The number of hydrogen-bond donors (Lipinski definition) is 4. The first kappa shape index (κ1) is 62.8. The summed E-state index contributed by atoms with van der Waals surface area (Å²) in [5.41, 5.74) is -1.53. The van der Waals surface area contributed by atoms with Crippen LogP contribution in [0.25, 0.3) is 0 Å². The molecule has 60 heavy (non-hydrogen) atoms. The predicted molar refractivity (Wildman–Crippen MR) is 220 cm³/mol. The van der Waals surface area contributed by atoms with Gasteiger partial charge >= 0.3 is 41.8 Å². The summed E-state index contributed by atoms with van der Waals surface area (Å²) in [6.07, 6.45) is 11.1. The molecule has 2 rings (SSSR count). The van der Waals surface area contributed by atoms with Crippen LogP contribution in [0.5, 0.6) is 0 Å². The first-order valence-corrected chi connectivity index (χ1v) is 20.2. The van der Waals surface area contributed by atoms with Gasteiger partial charge in [0.25, 0.3) is 0 Å². The number of ether oxygens (including phenoxy) is 7. The van der Waals surface area contributed by atoms with Crippen LogP contribution >= 0.6 is 0 Å². The number of carbonyl (C=O) groups excluding carboxylic acids is 7. The summed E-state index contributed by atoms with van der Waals surface area (Å²) in [5.74, 6) is -2.40. The average Bonchev–Trinajstić information content (AvgIpc) is 3.42. The van der Waals surface area contributed by atoms with Gasteiger partial charge in [-0.3, -0.25) is 24.0 Å². The van der Waals surface area contributed by atoms with Gasteiger partial charge < -0.3 is 53.6 Å². The molecule has 0 saturated carbocycles. The molecule has 2 heterocycles. The van der Waals surface area contributed by atoms with Gasteiger partial charge in [0, 0.05) is 38.9 Å². The number of rotatable bonds is 24. The molecule has 2 saturated heterocycles. The molecule has 18 nitrogen and oxygen atoms in total. The summed E-state index contributed by atoms with van der Waals surface area (Å²) in [4.78, 5) is 78.2. The lowest BCUT2D eigenvalue weighted by Crippen LogP contribution is -2.31. The maximum absolute atomic E-state index is 12.0. The lowest BCUT2D eigenvalue weighted by Gasteiger charge is -2.25. The third kappa shape index (κ3) is 43.7. The van der Waals surface area contributed by atoms with Crippen LogP contribution < -0.4 is 0 Å². The van der Waals surface area contributed by atoms with Gasteiger partial charge in [-0.15, -0.1) is 0 Å². The first-order chi connectivity index (χ1) is 27.5. The van der Waals surface area contributed by atoms with Gasteiger partial charge in [-0.25, -0.2) is 9.59 Å². The van der Waals surface area contributed by atoms with Gasteiger partial charge in [0.2, 0.25) is 0 Å². The number of hydrogen-bond acceptors (Lipinski definition) is 18. The Hall–Kier alpha value is -3.87. The zero-order chi connectivity index (χ0) is 44.1. The van der Waals surface area contributed by atoms with Gasteiger partial charge in [-0.2, -0.15) is 0 Å². The Morgan fingerprint density at radius 1 is 0.517 bits per heavy atom. The van der Waals surface area contributed by atoms with Crippen LogP contribution in [0.2, 0.25) is 0 Å². The summed E-state index contributed by atoms with van der Waals surface area (Å²) in [5, 5.41) is 32.8. The summed E-state index contributed by atoms with van der Waals surface area (Å²) in [7, 11) is 0. The highest BCUT2D eigenvalue weighted by Gasteiger charge is 2.27. The van der Waals surface area contributed by atoms with Crippen LogP contribution in [0.15, 0.2) is 0 Å². The quantitative estimate of drug-likeness (QED) is 0.0587. The van der Waals surface area contributed by atoms with Crippen molar-refractivity contribution in [2.45, 2.75) is 169 Å². The number of carbonyl (C=O) groups is 7. The fourth-order valence-corrected chi connectivity index (χ4v) is 4.80. The highest BCUT2D eigenvalue weighted by atomic mass is 16.6. The number of esters is 7. The highest BCUT2D eigenvalue weighted by Crippen LogP contribution is 2.21. The van der Waals surface area contributed by atoms with Crippen LogP contribution in [-0.2, 0) is 66.7 Å². The molecule has 0 aromatic rings. The molecule has 2 aliphatic rings. The molecule has 0 atom stereocenters. The van der Waals surface area contributed by atoms with Gasteiger partial charge in [0.1, 0.15) is 11.2 Å². The molecular formula is C42H78O18. The van der Waals surface area contributed by atoms with Crippen molar-refractivity contribution in [2.24, 2.45) is 0 Å². The van der Waals surface area contributed by atoms with E-state index in [1.807, 2.05) is 13.8 Å². The van der Waals surface area contributed by atoms with Crippen molar-refractivity contribution in [3.05, 3.63) is 0 Å². The third-order valence-electron chi connectivity index (χ3n) is 7.74. The maximum atomic E-state index is 12.0. The van der Waals surface area contributed by atoms with Crippen molar-refractivity contribution in [3.8, 4) is 0 Å². The molecule has 2 fully saturated rings. The van der Waals surface area contributed by atoms with E-state index in [1.165, 1.54) is 0 Å². The number of unbranched alkanes of at least 4 members (excludes halogenated alkanes) is 5. The molecule has 354 valence electrons. The topological polar surface area (TPSA) is 265 Å². The van der Waals surface area contributed by atoms with Gasteiger partial charge in [0.05, 0.1) is 39.5 Å². The molecule has 2 aliphatic heterocycles. The van der Waals surface area contributed by atoms with E-state index in [-0.39, 0.29) is 111 Å². The normalized spacial score (nSPS) is 13.4. The average molecular weight is 871 g/mol. The molecule has 4 N–H and O–H groups in total. The van der Waals surface area contributed by atoms with Crippen LogP contribution in [0, 0.1) is 0 Å². The molecule has 0 spiro atoms. The largest absolute Gasteiger partial charge is 0.466 e. The van der Waals surface area contributed by atoms with E-state index >= 15 is 0 Å². The maximum Gasteiger partial charge on any atom is 0.344 e. The van der Waals surface area contributed by atoms with Crippen LogP contribution in [0.3, 0.4) is 0 Å². The number of aliphatic hydroxyl groups is 4. The van der Waals surface area contributed by atoms with Crippen LogP contribution in [0.1, 0.15) is 158 Å². The van der Waals surface area contributed by atoms with E-state index < -0.39 is 29.1 Å². The van der Waals surface area contributed by atoms with Crippen LogP contribution in [0.4, 0.5) is 0 Å². The Balaban J connectivity index is -0.000000572. The molecule has 0 radical (unpaired) electrons. The molecule has 18 heteroatoms. The molecule has 0 amide bonds. The summed E-state index contributed by atoms with van der Waals surface area (Å²) < 4.78 is 34.5. The van der Waals surface area contributed by atoms with E-state index in [1.54, 1.807) is 13.8 Å². The Labute approximate surface area is 357 Å². The molecule has 0 bridgehead atoms. The minimum atomic E-state index is -0.957. The Kier molecular flexibility index (Phi) is 42.4. The lowest BCUT2D eigenvalue weighted by atomic mass is 9.99. The van der Waals surface area contributed by atoms with Crippen molar-refractivity contribution in [3.63, 3.8) is 0 Å². The zero-order valence-electron chi connectivity index (χ0n) is 35.1. The molecule has 0 aromatic heterocycles. The van der Waals surface area contributed by atoms with E-state index in [4.69, 9.17) is 44.1 Å². The standard InChI is InChI=1S/C28H50O10.C6H10O2.C4H4O4.C2H6O2.2CH4/c1-27(2,37-25(33)16-13-19-30)17-9-5-7-14-23(31)35-20-11-12-21-36-26(34)22-28(3,4)38-24(32)15-8-6-10-18-29;7-6-4-2-1-3-5-8-6;5-3-1-7-4(6)2-8-3;3-1-2-4;;/h29-30H,5-22H2,1-4H3;1-5H2;1-2H2;3-4H,1-2H2;2*1H4. The van der Waals surface area contributed by atoms with E-state index in [9.17, 15) is 33.6 Å². The molecule has 0 aromatic carbocycles. The minimum absolute atomic E-state index is 0. The van der Waals surface area contributed by atoms with Crippen molar-refractivity contribution in [1.29, 1.82) is 0 Å². The van der Waals surface area contributed by atoms with Crippen LogP contribution in [-0.4, -0.2) is 133 Å². The predicted octanol–water partition coefficient (Wildman–Crippen LogP) is 4.60. The first-order valence-electron chi connectivity index (χ1n) is 20.2. The minimum Gasteiger partial charge on any atom is -0.466 e. The van der Waals surface area contributed by atoms with Crippen molar-refractivity contribution >= 4 is 41.8 Å². The SMILES string of the molecule is C.C.CC(C)(CCCCCC(=O)OCCCCOC(=O)CC(C)(C)OC(=O)CCCCCO)OC(=O)CCCO.O=C1CCCCCO1.O=C1COC(=O)CO1.OCCO. The smallest absolute Gasteiger partial charge is 0.344 e. The zero-order valence-corrected chi connectivity index (χ0v) is 35.1. The summed E-state index contributed by atoms with van der Waals surface area (Å²) in [6, 6.07) is 0. The molecular weight excluding hydrogens is 792 g/mol. The van der Waals surface area contributed by atoms with Gasteiger partial charge in [-0.05, 0) is 98.3 Å². The van der Waals surface area contributed by atoms with Gasteiger partial charge in [-0.1, -0.05) is 27.7 Å². The Morgan fingerprint density at radius 3 is 1.52 bits per heavy atom. The fourth-order valence-electron chi connectivity index (χ4n) is 4.80. The van der Waals surface area contributed by atoms with E-state index in [0.717, 1.165) is 38.5 Å². The second-order valence-corrected chi connectivity index (χ2v) is 14.5. The van der Waals surface area contributed by atoms with Gasteiger partial charge in [0.15, 0.2) is 13.2 Å². The number of aliphatic hydroxyl groups excluding tert-OH is 4. The van der Waals surface area contributed by atoms with Crippen molar-refractivity contribution < 1.29 is 87.1 Å². The fraction of sp³-hybridized carbons (Fsp3) is 0.833. The third-order valence-corrected chi connectivity index (χ3v) is 7.74. The second kappa shape index (κ2) is 40.5. The summed E-state index contributed by atoms with van der Waals surface area (Å²) in [6.45, 7) is 7.47. The van der Waals surface area contributed by atoms with Crippen molar-refractivity contribution in [1.82, 2.24) is 0 Å². The second-order valence-electron chi connectivity index (χ2n) is 14.5. The van der Waals surface area contributed by atoms with E-state index in [2.05, 4.69) is 9.47 Å². The monoisotopic (exact) mass is 871 g/mol. The van der Waals surface area contributed by atoms with E-state index in [0.29, 0.717) is 64.4 Å². The lowest BCUT2D eigenvalue weighted by molar-refractivity contribution is -0.174. The summed E-state index contributed by atoms with van der Waals surface area (Å²) >= 11 is 0. The van der Waals surface area contributed by atoms with Crippen molar-refractivity contribution in [2.75, 3.05) is 59.5 Å². The molecule has 0 unspecified atom stereocenters. The highest BCUT2D eigenvalue weighted by molar-refractivity contribution is 5.82. The molecule has 0 aliphatic carbocycles. The number of cyclic esters (lactones) is 3. The Morgan fingerprint density at radius 2 is 1.00 bits per heavy atom. The Bertz CT molecular complexity index is 1110.